The molecule has 0 atom stereocenters. The molecule has 0 aliphatic carbocycles. The van der Waals surface area contributed by atoms with Crippen LogP contribution in [0.1, 0.15) is 16.8 Å². The Labute approximate surface area is 93.9 Å². The number of rotatable bonds is 2. The van der Waals surface area contributed by atoms with Crippen molar-refractivity contribution in [2.75, 3.05) is 0 Å². The van der Waals surface area contributed by atoms with Crippen LogP contribution in [-0.4, -0.2) is 10.2 Å². The largest absolute Gasteiger partial charge is 0.154 e. The minimum absolute atomic E-state index is 0.450. The van der Waals surface area contributed by atoms with Crippen LogP contribution in [0.25, 0.3) is 0 Å². The molecule has 2 nitrogen and oxygen atoms in total. The van der Waals surface area contributed by atoms with Crippen molar-refractivity contribution in [1.82, 2.24) is 10.2 Å². The Balaban J connectivity index is 2.28. The zero-order valence-electron chi connectivity index (χ0n) is 8.44. The van der Waals surface area contributed by atoms with Gasteiger partial charge in [-0.2, -0.15) is 5.10 Å². The van der Waals surface area contributed by atoms with Crippen molar-refractivity contribution < 1.29 is 0 Å². The summed E-state index contributed by atoms with van der Waals surface area (Å²) in [5, 5.41) is 8.24. The van der Waals surface area contributed by atoms with E-state index in [4.69, 9.17) is 11.6 Å². The van der Waals surface area contributed by atoms with Gasteiger partial charge in [-0.15, -0.1) is 5.10 Å². The minimum atomic E-state index is 0.450. The summed E-state index contributed by atoms with van der Waals surface area (Å²) in [6, 6.07) is 12.1. The number of hydrogen-bond donors (Lipinski definition) is 0. The second kappa shape index (κ2) is 4.41. The van der Waals surface area contributed by atoms with Crippen molar-refractivity contribution >= 4 is 11.6 Å². The highest BCUT2D eigenvalue weighted by Gasteiger charge is 2.02. The molecule has 0 saturated carbocycles. The molecule has 1 aromatic heterocycles. The maximum Gasteiger partial charge on any atom is 0.152 e. The number of nitrogens with zero attached hydrogens (tertiary/aromatic N) is 2. The smallest absolute Gasteiger partial charge is 0.152 e. The van der Waals surface area contributed by atoms with Gasteiger partial charge in [0.15, 0.2) is 5.15 Å². The van der Waals surface area contributed by atoms with Crippen LogP contribution >= 0.6 is 11.6 Å². The lowest BCUT2D eigenvalue weighted by Gasteiger charge is -2.04. The van der Waals surface area contributed by atoms with E-state index in [1.54, 1.807) is 0 Å². The van der Waals surface area contributed by atoms with Gasteiger partial charge in [-0.3, -0.25) is 0 Å². The van der Waals surface area contributed by atoms with Gasteiger partial charge in [0, 0.05) is 0 Å². The van der Waals surface area contributed by atoms with Gasteiger partial charge in [-0.25, -0.2) is 0 Å². The van der Waals surface area contributed by atoms with E-state index in [1.807, 2.05) is 31.2 Å². The van der Waals surface area contributed by atoms with E-state index in [0.717, 1.165) is 17.7 Å². The monoisotopic (exact) mass is 218 g/mol. The highest BCUT2D eigenvalue weighted by molar-refractivity contribution is 6.29. The van der Waals surface area contributed by atoms with Crippen molar-refractivity contribution in [2.45, 2.75) is 13.3 Å². The molecule has 0 amide bonds. The quantitative estimate of drug-likeness (QED) is 0.775. The Hall–Kier alpha value is -1.41. The molecule has 2 aromatic rings. The molecular weight excluding hydrogens is 208 g/mol. The van der Waals surface area contributed by atoms with Gasteiger partial charge in [-0.1, -0.05) is 41.9 Å². The first-order valence-electron chi connectivity index (χ1n) is 4.78. The molecule has 0 unspecified atom stereocenters. The molecule has 15 heavy (non-hydrogen) atoms. The number of hydrogen-bond acceptors (Lipinski definition) is 2. The van der Waals surface area contributed by atoms with E-state index in [1.165, 1.54) is 5.56 Å². The number of halogens is 1. The Morgan fingerprint density at radius 1 is 1.13 bits per heavy atom. The molecule has 3 heteroatoms. The van der Waals surface area contributed by atoms with Gasteiger partial charge in [0.2, 0.25) is 0 Å². The minimum Gasteiger partial charge on any atom is -0.154 e. The van der Waals surface area contributed by atoms with Crippen molar-refractivity contribution in [3.05, 3.63) is 58.4 Å². The number of benzene rings is 1. The third-order valence-electron chi connectivity index (χ3n) is 2.29. The van der Waals surface area contributed by atoms with Crippen LogP contribution in [-0.2, 0) is 6.42 Å². The van der Waals surface area contributed by atoms with Crippen molar-refractivity contribution in [2.24, 2.45) is 0 Å². The average Bonchev–Trinajstić information content (AvgIpc) is 2.25. The molecule has 0 saturated heterocycles. The topological polar surface area (TPSA) is 25.8 Å². The lowest BCUT2D eigenvalue weighted by atomic mass is 10.1. The van der Waals surface area contributed by atoms with E-state index >= 15 is 0 Å². The molecule has 2 rings (SSSR count). The van der Waals surface area contributed by atoms with Crippen LogP contribution in [0.5, 0.6) is 0 Å². The molecule has 0 N–H and O–H groups in total. The molecular formula is C12H11ClN2. The zero-order chi connectivity index (χ0) is 10.7. The van der Waals surface area contributed by atoms with Crippen LogP contribution < -0.4 is 0 Å². The molecule has 76 valence electrons. The van der Waals surface area contributed by atoms with Crippen LogP contribution in [0, 0.1) is 6.92 Å². The normalized spacial score (nSPS) is 10.3. The highest BCUT2D eigenvalue weighted by atomic mass is 35.5. The van der Waals surface area contributed by atoms with E-state index in [0.29, 0.717) is 5.15 Å². The second-order valence-corrected chi connectivity index (χ2v) is 3.83. The fourth-order valence-electron chi connectivity index (χ4n) is 1.46. The zero-order valence-corrected chi connectivity index (χ0v) is 9.20. The Morgan fingerprint density at radius 2 is 1.87 bits per heavy atom. The predicted molar refractivity (Wildman–Crippen MR) is 61.0 cm³/mol. The highest BCUT2D eigenvalue weighted by Crippen LogP contribution is 2.14. The lowest BCUT2D eigenvalue weighted by Crippen LogP contribution is -1.96. The van der Waals surface area contributed by atoms with Gasteiger partial charge in [0.25, 0.3) is 0 Å². The van der Waals surface area contributed by atoms with Crippen molar-refractivity contribution in [1.29, 1.82) is 0 Å². The summed E-state index contributed by atoms with van der Waals surface area (Å²) < 4.78 is 0. The average molecular weight is 219 g/mol. The van der Waals surface area contributed by atoms with E-state index in [2.05, 4.69) is 22.3 Å². The molecule has 0 spiro atoms. The Kier molecular flexibility index (Phi) is 2.97. The summed E-state index contributed by atoms with van der Waals surface area (Å²) >= 11 is 5.81. The first-order chi connectivity index (χ1) is 7.25. The summed E-state index contributed by atoms with van der Waals surface area (Å²) in [4.78, 5) is 0. The van der Waals surface area contributed by atoms with Gasteiger partial charge in [0.1, 0.15) is 0 Å². The van der Waals surface area contributed by atoms with Gasteiger partial charge in [-0.05, 0) is 30.5 Å². The molecule has 1 aromatic carbocycles. The van der Waals surface area contributed by atoms with E-state index in [-0.39, 0.29) is 0 Å². The molecule has 0 aliphatic heterocycles. The lowest BCUT2D eigenvalue weighted by molar-refractivity contribution is 0.942. The second-order valence-electron chi connectivity index (χ2n) is 3.44. The molecule has 0 radical (unpaired) electrons. The first-order valence-corrected chi connectivity index (χ1v) is 5.16. The molecule has 0 fully saturated rings. The summed E-state index contributed by atoms with van der Waals surface area (Å²) in [6.07, 6.45) is 0.849. The molecule has 1 heterocycles. The fraction of sp³-hybridized carbons (Fsp3) is 0.167. The summed E-state index contributed by atoms with van der Waals surface area (Å²) in [5.74, 6) is 0. The maximum atomic E-state index is 5.81. The van der Waals surface area contributed by atoms with E-state index < -0.39 is 0 Å². The first kappa shape index (κ1) is 10.1. The van der Waals surface area contributed by atoms with Gasteiger partial charge < -0.3 is 0 Å². The van der Waals surface area contributed by atoms with Gasteiger partial charge in [0.05, 0.1) is 5.69 Å². The van der Waals surface area contributed by atoms with Crippen molar-refractivity contribution in [3.8, 4) is 0 Å². The molecule has 0 aliphatic rings. The van der Waals surface area contributed by atoms with Crippen LogP contribution in [0.3, 0.4) is 0 Å². The number of aryl methyl sites for hydroxylation is 1. The fourth-order valence-corrected chi connectivity index (χ4v) is 1.63. The molecule has 0 bridgehead atoms. The Bertz CT molecular complexity index is 454. The van der Waals surface area contributed by atoms with Crippen LogP contribution in [0.2, 0.25) is 5.15 Å². The van der Waals surface area contributed by atoms with Crippen LogP contribution in [0.15, 0.2) is 36.4 Å². The maximum absolute atomic E-state index is 5.81. The van der Waals surface area contributed by atoms with E-state index in [9.17, 15) is 0 Å². The van der Waals surface area contributed by atoms with Crippen LogP contribution in [0.4, 0.5) is 0 Å². The van der Waals surface area contributed by atoms with Gasteiger partial charge >= 0.3 is 0 Å². The standard InChI is InChI=1S/C12H11ClN2/c1-9-11(8-12(13)15-14-9)7-10-5-3-2-4-6-10/h2-6,8H,7H2,1H3. The third kappa shape index (κ3) is 2.54. The van der Waals surface area contributed by atoms with Crippen molar-refractivity contribution in [3.63, 3.8) is 0 Å². The Morgan fingerprint density at radius 3 is 2.60 bits per heavy atom. The summed E-state index contributed by atoms with van der Waals surface area (Å²) in [7, 11) is 0. The predicted octanol–water partition coefficient (Wildman–Crippen LogP) is 3.03. The summed E-state index contributed by atoms with van der Waals surface area (Å²) in [5.41, 5.74) is 3.31. The third-order valence-corrected chi connectivity index (χ3v) is 2.48. The summed E-state index contributed by atoms with van der Waals surface area (Å²) in [6.45, 7) is 1.95. The number of aromatic nitrogens is 2. The SMILES string of the molecule is Cc1nnc(Cl)cc1Cc1ccccc1.